The van der Waals surface area contributed by atoms with E-state index < -0.39 is 0 Å². The van der Waals surface area contributed by atoms with Crippen molar-refractivity contribution in [2.24, 2.45) is 0 Å². The molecule has 2 heterocycles. The van der Waals surface area contributed by atoms with Gasteiger partial charge in [-0.15, -0.1) is 0 Å². The standard InChI is InChI=1S/C21H28N4O/c1-17-6-8-20(9-7-17)24-11-12-25(18(2)14-24)21(26)16-23(3)15-19-5-4-10-22-13-19/h4-10,13,18H,11-12,14-16H2,1-3H3. The maximum atomic E-state index is 12.7. The van der Waals surface area contributed by atoms with E-state index >= 15 is 0 Å². The third kappa shape index (κ3) is 4.61. The van der Waals surface area contributed by atoms with Gasteiger partial charge in [-0.05, 0) is 44.7 Å². The number of benzene rings is 1. The third-order valence-corrected chi connectivity index (χ3v) is 4.93. The maximum absolute atomic E-state index is 12.7. The van der Waals surface area contributed by atoms with Crippen LogP contribution < -0.4 is 4.90 Å². The molecule has 26 heavy (non-hydrogen) atoms. The largest absolute Gasteiger partial charge is 0.368 e. The average Bonchev–Trinajstić information content (AvgIpc) is 2.63. The number of rotatable bonds is 5. The molecule has 5 heteroatoms. The Morgan fingerprint density at radius 3 is 2.65 bits per heavy atom. The molecule has 1 fully saturated rings. The highest BCUT2D eigenvalue weighted by atomic mass is 16.2. The molecule has 1 aromatic heterocycles. The first-order chi connectivity index (χ1) is 12.5. The molecule has 1 amide bonds. The Morgan fingerprint density at radius 2 is 2.00 bits per heavy atom. The number of piperazine rings is 1. The second-order valence-corrected chi connectivity index (χ2v) is 7.25. The van der Waals surface area contributed by atoms with E-state index in [1.54, 1.807) is 6.20 Å². The monoisotopic (exact) mass is 352 g/mol. The lowest BCUT2D eigenvalue weighted by atomic mass is 10.1. The van der Waals surface area contributed by atoms with E-state index in [0.717, 1.165) is 31.7 Å². The molecular formula is C21H28N4O. The van der Waals surface area contributed by atoms with Crippen LogP contribution in [0.2, 0.25) is 0 Å². The lowest BCUT2D eigenvalue weighted by Crippen LogP contribution is -2.55. The molecule has 2 aromatic rings. The molecule has 138 valence electrons. The van der Waals surface area contributed by atoms with Gasteiger partial charge in [0.25, 0.3) is 0 Å². The molecule has 5 nitrogen and oxygen atoms in total. The Morgan fingerprint density at radius 1 is 1.23 bits per heavy atom. The van der Waals surface area contributed by atoms with E-state index in [-0.39, 0.29) is 11.9 Å². The number of carbonyl (C=O) groups is 1. The number of likely N-dealkylation sites (N-methyl/N-ethyl adjacent to an activating group) is 1. The smallest absolute Gasteiger partial charge is 0.237 e. The number of aromatic nitrogens is 1. The van der Waals surface area contributed by atoms with E-state index in [1.165, 1.54) is 11.3 Å². The van der Waals surface area contributed by atoms with Crippen LogP contribution in [0, 0.1) is 6.92 Å². The van der Waals surface area contributed by atoms with Crippen molar-refractivity contribution in [1.82, 2.24) is 14.8 Å². The number of anilines is 1. The van der Waals surface area contributed by atoms with Crippen LogP contribution in [0.5, 0.6) is 0 Å². The SMILES string of the molecule is Cc1ccc(N2CCN(C(=O)CN(C)Cc3cccnc3)C(C)C2)cc1. The van der Waals surface area contributed by atoms with Gasteiger partial charge in [0, 0.05) is 50.3 Å². The highest BCUT2D eigenvalue weighted by Crippen LogP contribution is 2.20. The second-order valence-electron chi connectivity index (χ2n) is 7.25. The van der Waals surface area contributed by atoms with E-state index in [2.05, 4.69) is 52.9 Å². The predicted octanol–water partition coefficient (Wildman–Crippen LogP) is 2.56. The van der Waals surface area contributed by atoms with Gasteiger partial charge in [-0.25, -0.2) is 0 Å². The molecular weight excluding hydrogens is 324 g/mol. The minimum absolute atomic E-state index is 0.201. The summed E-state index contributed by atoms with van der Waals surface area (Å²) in [5.74, 6) is 0.201. The number of aryl methyl sites for hydroxylation is 1. The molecule has 0 aliphatic carbocycles. The molecule has 0 radical (unpaired) electrons. The van der Waals surface area contributed by atoms with Crippen molar-refractivity contribution in [2.45, 2.75) is 26.4 Å². The van der Waals surface area contributed by atoms with Crippen LogP contribution in [0.1, 0.15) is 18.1 Å². The van der Waals surface area contributed by atoms with Gasteiger partial charge in [0.15, 0.2) is 0 Å². The Balaban J connectivity index is 1.53. The van der Waals surface area contributed by atoms with Crippen LogP contribution in [0.25, 0.3) is 0 Å². The fourth-order valence-electron chi connectivity index (χ4n) is 3.50. The zero-order valence-electron chi connectivity index (χ0n) is 15.9. The van der Waals surface area contributed by atoms with Crippen LogP contribution in [-0.2, 0) is 11.3 Å². The molecule has 1 saturated heterocycles. The zero-order chi connectivity index (χ0) is 18.5. The van der Waals surface area contributed by atoms with Gasteiger partial charge >= 0.3 is 0 Å². The Labute approximate surface area is 156 Å². The minimum atomic E-state index is 0.201. The second kappa shape index (κ2) is 8.32. The van der Waals surface area contributed by atoms with Crippen LogP contribution in [0.15, 0.2) is 48.8 Å². The predicted molar refractivity (Wildman–Crippen MR) is 105 cm³/mol. The molecule has 3 rings (SSSR count). The van der Waals surface area contributed by atoms with Gasteiger partial charge in [0.2, 0.25) is 5.91 Å². The van der Waals surface area contributed by atoms with Crippen molar-refractivity contribution in [2.75, 3.05) is 38.1 Å². The number of nitrogens with zero attached hydrogens (tertiary/aromatic N) is 4. The van der Waals surface area contributed by atoms with Crippen molar-refractivity contribution in [3.8, 4) is 0 Å². The fraction of sp³-hybridized carbons (Fsp3) is 0.429. The minimum Gasteiger partial charge on any atom is -0.368 e. The van der Waals surface area contributed by atoms with Gasteiger partial charge in [-0.2, -0.15) is 0 Å². The van der Waals surface area contributed by atoms with Crippen LogP contribution >= 0.6 is 0 Å². The van der Waals surface area contributed by atoms with Crippen LogP contribution in [0.4, 0.5) is 5.69 Å². The number of hydrogen-bond acceptors (Lipinski definition) is 4. The van der Waals surface area contributed by atoms with Gasteiger partial charge in [-0.1, -0.05) is 23.8 Å². The number of hydrogen-bond donors (Lipinski definition) is 0. The lowest BCUT2D eigenvalue weighted by molar-refractivity contribution is -0.134. The Kier molecular flexibility index (Phi) is 5.89. The van der Waals surface area contributed by atoms with Gasteiger partial charge in [0.05, 0.1) is 6.54 Å². The molecule has 1 atom stereocenters. The first-order valence-electron chi connectivity index (χ1n) is 9.21. The first kappa shape index (κ1) is 18.4. The van der Waals surface area contributed by atoms with Crippen molar-refractivity contribution in [3.63, 3.8) is 0 Å². The summed E-state index contributed by atoms with van der Waals surface area (Å²) in [7, 11) is 1.98. The van der Waals surface area contributed by atoms with Crippen molar-refractivity contribution < 1.29 is 4.79 Å². The normalized spacial score (nSPS) is 17.6. The molecule has 1 aliphatic rings. The summed E-state index contributed by atoms with van der Waals surface area (Å²) >= 11 is 0. The highest BCUT2D eigenvalue weighted by Gasteiger charge is 2.27. The third-order valence-electron chi connectivity index (χ3n) is 4.93. The summed E-state index contributed by atoms with van der Waals surface area (Å²) in [6.07, 6.45) is 3.62. The van der Waals surface area contributed by atoms with Crippen molar-refractivity contribution in [1.29, 1.82) is 0 Å². The summed E-state index contributed by atoms with van der Waals surface area (Å²) in [4.78, 5) is 23.3. The van der Waals surface area contributed by atoms with Gasteiger partial charge in [0.1, 0.15) is 0 Å². The van der Waals surface area contributed by atoms with Crippen LogP contribution in [-0.4, -0.2) is 60.0 Å². The lowest BCUT2D eigenvalue weighted by Gasteiger charge is -2.41. The van der Waals surface area contributed by atoms with E-state index in [9.17, 15) is 4.79 Å². The quantitative estimate of drug-likeness (QED) is 0.829. The average molecular weight is 352 g/mol. The summed E-state index contributed by atoms with van der Waals surface area (Å²) in [5.41, 5.74) is 3.63. The topological polar surface area (TPSA) is 39.7 Å². The number of pyridine rings is 1. The van der Waals surface area contributed by atoms with E-state index in [1.807, 2.05) is 30.3 Å². The maximum Gasteiger partial charge on any atom is 0.237 e. The highest BCUT2D eigenvalue weighted by molar-refractivity contribution is 5.79. The number of amides is 1. The molecule has 0 bridgehead atoms. The van der Waals surface area contributed by atoms with Gasteiger partial charge < -0.3 is 9.80 Å². The van der Waals surface area contributed by atoms with Gasteiger partial charge in [-0.3, -0.25) is 14.7 Å². The van der Waals surface area contributed by atoms with Crippen molar-refractivity contribution >= 4 is 11.6 Å². The molecule has 1 aliphatic heterocycles. The van der Waals surface area contributed by atoms with E-state index in [0.29, 0.717) is 6.54 Å². The number of carbonyl (C=O) groups excluding carboxylic acids is 1. The Hall–Kier alpha value is -2.40. The molecule has 0 N–H and O–H groups in total. The Bertz CT molecular complexity index is 717. The summed E-state index contributed by atoms with van der Waals surface area (Å²) < 4.78 is 0. The summed E-state index contributed by atoms with van der Waals surface area (Å²) in [6.45, 7) is 7.94. The van der Waals surface area contributed by atoms with Crippen LogP contribution in [0.3, 0.4) is 0 Å². The first-order valence-corrected chi connectivity index (χ1v) is 9.21. The fourth-order valence-corrected chi connectivity index (χ4v) is 3.50. The molecule has 1 unspecified atom stereocenters. The van der Waals surface area contributed by atoms with E-state index in [4.69, 9.17) is 0 Å². The van der Waals surface area contributed by atoms with Crippen molar-refractivity contribution in [3.05, 3.63) is 59.9 Å². The zero-order valence-corrected chi connectivity index (χ0v) is 15.9. The molecule has 0 spiro atoms. The summed E-state index contributed by atoms with van der Waals surface area (Å²) in [5, 5.41) is 0. The molecule has 1 aromatic carbocycles. The summed E-state index contributed by atoms with van der Waals surface area (Å²) in [6, 6.07) is 12.8. The molecule has 0 saturated carbocycles.